The van der Waals surface area contributed by atoms with Gasteiger partial charge in [0.2, 0.25) is 0 Å². The predicted molar refractivity (Wildman–Crippen MR) is 101 cm³/mol. The van der Waals surface area contributed by atoms with E-state index in [4.69, 9.17) is 0 Å². The smallest absolute Gasteiger partial charge is 0.0342 e. The number of thiophene rings is 1. The number of hydrogen-bond donors (Lipinski definition) is 0. The minimum atomic E-state index is 1.19. The summed E-state index contributed by atoms with van der Waals surface area (Å²) >= 11 is 1.82. The van der Waals surface area contributed by atoms with E-state index in [1.807, 2.05) is 11.3 Å². The summed E-state index contributed by atoms with van der Waals surface area (Å²) in [7, 11) is 0. The lowest BCUT2D eigenvalue weighted by molar-refractivity contribution is 0.831. The van der Waals surface area contributed by atoms with Gasteiger partial charge in [0.05, 0.1) is 0 Å². The first-order valence-electron chi connectivity index (χ1n) is 8.38. The highest BCUT2D eigenvalue weighted by atomic mass is 32.1. The van der Waals surface area contributed by atoms with Crippen LogP contribution in [0.1, 0.15) is 30.4 Å². The van der Waals surface area contributed by atoms with Crippen molar-refractivity contribution in [3.63, 3.8) is 0 Å². The van der Waals surface area contributed by atoms with Crippen LogP contribution in [0.15, 0.2) is 65.6 Å². The van der Waals surface area contributed by atoms with Gasteiger partial charge in [-0.25, -0.2) is 0 Å². The Bertz CT molecular complexity index is 955. The zero-order valence-electron chi connectivity index (χ0n) is 13.0. The third-order valence-electron chi connectivity index (χ3n) is 5.18. The highest BCUT2D eigenvalue weighted by Crippen LogP contribution is 2.40. The fourth-order valence-corrected chi connectivity index (χ4v) is 4.75. The topological polar surface area (TPSA) is 0 Å². The number of benzene rings is 2. The minimum absolute atomic E-state index is 1.19. The standard InChI is InChI=1S/C22H18S/c1-2-5-18-15(4-1)9-12-20-19(18)11-10-16-7-8-17(14-21(16)20)22-6-3-13-23-22/h2-3,5-8,10-11,13-14H,1,4,9,12H2. The molecule has 0 atom stereocenters. The molecule has 2 aliphatic carbocycles. The molecule has 0 aliphatic heterocycles. The number of rotatable bonds is 1. The average molecular weight is 314 g/mol. The number of fused-ring (bicyclic) bond motifs is 4. The van der Waals surface area contributed by atoms with Crippen molar-refractivity contribution in [1.29, 1.82) is 0 Å². The molecule has 1 heterocycles. The van der Waals surface area contributed by atoms with Crippen molar-refractivity contribution in [3.8, 4) is 10.4 Å². The van der Waals surface area contributed by atoms with Gasteiger partial charge in [-0.1, -0.05) is 48.1 Å². The van der Waals surface area contributed by atoms with Gasteiger partial charge in [-0.05, 0) is 76.2 Å². The van der Waals surface area contributed by atoms with Gasteiger partial charge in [-0.2, -0.15) is 0 Å². The van der Waals surface area contributed by atoms with Gasteiger partial charge in [-0.15, -0.1) is 11.3 Å². The second-order valence-corrected chi connectivity index (χ2v) is 7.41. The van der Waals surface area contributed by atoms with Crippen molar-refractivity contribution >= 4 is 27.7 Å². The first kappa shape index (κ1) is 13.3. The van der Waals surface area contributed by atoms with Crippen LogP contribution in [-0.4, -0.2) is 0 Å². The van der Waals surface area contributed by atoms with E-state index in [1.165, 1.54) is 58.0 Å². The SMILES string of the molecule is C1=CC2=C(CC1)CCc1c2ccc2ccc(-c3cccs3)cc12. The Balaban J connectivity index is 1.75. The van der Waals surface area contributed by atoms with Crippen LogP contribution in [-0.2, 0) is 6.42 Å². The molecule has 0 fully saturated rings. The van der Waals surface area contributed by atoms with Gasteiger partial charge in [0.1, 0.15) is 0 Å². The third-order valence-corrected chi connectivity index (χ3v) is 6.10. The molecule has 1 heteroatoms. The summed E-state index contributed by atoms with van der Waals surface area (Å²) in [4.78, 5) is 1.36. The van der Waals surface area contributed by atoms with Crippen LogP contribution in [0, 0.1) is 0 Å². The fourth-order valence-electron chi connectivity index (χ4n) is 4.03. The van der Waals surface area contributed by atoms with E-state index in [-0.39, 0.29) is 0 Å². The molecule has 23 heavy (non-hydrogen) atoms. The molecule has 2 aliphatic rings. The van der Waals surface area contributed by atoms with Gasteiger partial charge < -0.3 is 0 Å². The van der Waals surface area contributed by atoms with Gasteiger partial charge in [-0.3, -0.25) is 0 Å². The van der Waals surface area contributed by atoms with E-state index >= 15 is 0 Å². The van der Waals surface area contributed by atoms with Crippen LogP contribution in [0.4, 0.5) is 0 Å². The maximum Gasteiger partial charge on any atom is 0.0342 e. The van der Waals surface area contributed by atoms with E-state index in [9.17, 15) is 0 Å². The summed E-state index contributed by atoms with van der Waals surface area (Å²) in [6.45, 7) is 0. The first-order valence-corrected chi connectivity index (χ1v) is 9.26. The summed E-state index contributed by atoms with van der Waals surface area (Å²) in [5.41, 5.74) is 7.53. The molecule has 0 spiro atoms. The molecule has 112 valence electrons. The molecule has 0 radical (unpaired) electrons. The molecule has 3 aromatic rings. The Kier molecular flexibility index (Phi) is 3.02. The van der Waals surface area contributed by atoms with Gasteiger partial charge in [0, 0.05) is 4.88 Å². The summed E-state index contributed by atoms with van der Waals surface area (Å²) in [6, 6.07) is 15.9. The summed E-state index contributed by atoms with van der Waals surface area (Å²) < 4.78 is 0. The number of allylic oxidation sites excluding steroid dienone is 4. The van der Waals surface area contributed by atoms with Crippen LogP contribution in [0.25, 0.3) is 26.8 Å². The Hall–Kier alpha value is -2.12. The zero-order valence-corrected chi connectivity index (χ0v) is 13.8. The first-order chi connectivity index (χ1) is 11.4. The molecule has 0 unspecified atom stereocenters. The number of hydrogen-bond acceptors (Lipinski definition) is 1. The van der Waals surface area contributed by atoms with Crippen molar-refractivity contribution < 1.29 is 0 Å². The van der Waals surface area contributed by atoms with Gasteiger partial charge >= 0.3 is 0 Å². The Morgan fingerprint density at radius 3 is 2.78 bits per heavy atom. The monoisotopic (exact) mass is 314 g/mol. The van der Waals surface area contributed by atoms with E-state index in [1.54, 1.807) is 11.1 Å². The fraction of sp³-hybridized carbons (Fsp3) is 0.182. The molecule has 2 aromatic carbocycles. The molecular formula is C22H18S. The summed E-state index contributed by atoms with van der Waals surface area (Å²) in [5.74, 6) is 0. The average Bonchev–Trinajstić information content (AvgIpc) is 3.15. The van der Waals surface area contributed by atoms with Crippen molar-refractivity contribution in [3.05, 3.63) is 76.7 Å². The van der Waals surface area contributed by atoms with Crippen molar-refractivity contribution in [2.75, 3.05) is 0 Å². The van der Waals surface area contributed by atoms with Crippen LogP contribution in [0.2, 0.25) is 0 Å². The predicted octanol–water partition coefficient (Wildman–Crippen LogP) is 6.62. The molecule has 0 nitrogen and oxygen atoms in total. The molecule has 0 amide bonds. The molecule has 1 aromatic heterocycles. The molecule has 0 bridgehead atoms. The van der Waals surface area contributed by atoms with E-state index in [2.05, 4.69) is 60.0 Å². The van der Waals surface area contributed by atoms with Crippen LogP contribution < -0.4 is 0 Å². The van der Waals surface area contributed by atoms with E-state index < -0.39 is 0 Å². The summed E-state index contributed by atoms with van der Waals surface area (Å²) in [5, 5.41) is 4.97. The maximum absolute atomic E-state index is 2.40. The van der Waals surface area contributed by atoms with Gasteiger partial charge in [0.15, 0.2) is 0 Å². The normalized spacial score (nSPS) is 16.5. The lowest BCUT2D eigenvalue weighted by atomic mass is 9.79. The lowest BCUT2D eigenvalue weighted by Crippen LogP contribution is -2.07. The van der Waals surface area contributed by atoms with Crippen LogP contribution in [0.5, 0.6) is 0 Å². The molecule has 5 rings (SSSR count). The molecule has 0 N–H and O–H groups in total. The van der Waals surface area contributed by atoms with Crippen molar-refractivity contribution in [2.24, 2.45) is 0 Å². The van der Waals surface area contributed by atoms with E-state index in [0.717, 1.165) is 0 Å². The van der Waals surface area contributed by atoms with Crippen LogP contribution in [0.3, 0.4) is 0 Å². The highest BCUT2D eigenvalue weighted by molar-refractivity contribution is 7.13. The lowest BCUT2D eigenvalue weighted by Gasteiger charge is -2.25. The molecule has 0 saturated carbocycles. The van der Waals surface area contributed by atoms with Crippen LogP contribution >= 0.6 is 11.3 Å². The van der Waals surface area contributed by atoms with Gasteiger partial charge in [0.25, 0.3) is 0 Å². The minimum Gasteiger partial charge on any atom is -0.144 e. The maximum atomic E-state index is 2.40. The quantitative estimate of drug-likeness (QED) is 0.473. The number of aryl methyl sites for hydroxylation is 1. The molecular weight excluding hydrogens is 296 g/mol. The Morgan fingerprint density at radius 2 is 1.87 bits per heavy atom. The zero-order chi connectivity index (χ0) is 15.2. The highest BCUT2D eigenvalue weighted by Gasteiger charge is 2.20. The second-order valence-electron chi connectivity index (χ2n) is 6.46. The summed E-state index contributed by atoms with van der Waals surface area (Å²) in [6.07, 6.45) is 9.57. The van der Waals surface area contributed by atoms with E-state index in [0.29, 0.717) is 0 Å². The van der Waals surface area contributed by atoms with Crippen molar-refractivity contribution in [1.82, 2.24) is 0 Å². The molecule has 0 saturated heterocycles. The van der Waals surface area contributed by atoms with Crippen molar-refractivity contribution in [2.45, 2.75) is 25.7 Å². The Morgan fingerprint density at radius 1 is 0.913 bits per heavy atom. The third kappa shape index (κ3) is 2.11. The largest absolute Gasteiger partial charge is 0.144 e. The second kappa shape index (κ2) is 5.21. The Labute approximate surface area is 140 Å².